The number of nitrogens with one attached hydrogen (secondary N) is 1. The van der Waals surface area contributed by atoms with Gasteiger partial charge in [0.1, 0.15) is 11.6 Å². The maximum Gasteiger partial charge on any atom is 0.261 e. The van der Waals surface area contributed by atoms with Gasteiger partial charge in [-0.2, -0.15) is 0 Å². The molecule has 3 aromatic rings. The molecule has 2 amide bonds. The fourth-order valence-corrected chi connectivity index (χ4v) is 4.37. The molecule has 0 bridgehead atoms. The summed E-state index contributed by atoms with van der Waals surface area (Å²) in [5.74, 6) is 2.04. The summed E-state index contributed by atoms with van der Waals surface area (Å²) in [7, 11) is 1.76. The van der Waals surface area contributed by atoms with Crippen LogP contribution in [0.4, 0.5) is 17.3 Å². The quantitative estimate of drug-likeness (QED) is 0.652. The number of aromatic nitrogens is 2. The number of anilines is 3. The van der Waals surface area contributed by atoms with Crippen molar-refractivity contribution in [3.8, 4) is 5.75 Å². The van der Waals surface area contributed by atoms with Crippen molar-refractivity contribution >= 4 is 29.1 Å². The molecule has 0 aliphatic carbocycles. The number of nitrogens with zero attached hydrogens (tertiary/aromatic N) is 4. The maximum atomic E-state index is 13.3. The third-order valence-corrected chi connectivity index (χ3v) is 6.11. The number of fused-ring (bicyclic) bond motifs is 3. The van der Waals surface area contributed by atoms with Crippen molar-refractivity contribution in [2.24, 2.45) is 0 Å². The average Bonchev–Trinajstić information content (AvgIpc) is 2.92. The van der Waals surface area contributed by atoms with Crippen molar-refractivity contribution in [3.63, 3.8) is 0 Å². The molecule has 0 unspecified atom stereocenters. The normalized spacial score (nSPS) is 14.7. The minimum absolute atomic E-state index is 0.0313. The second-order valence-electron chi connectivity index (χ2n) is 8.12. The zero-order valence-corrected chi connectivity index (χ0v) is 18.7. The van der Waals surface area contributed by atoms with Gasteiger partial charge in [0.05, 0.1) is 24.3 Å². The second kappa shape index (κ2) is 8.54. The molecule has 0 spiro atoms. The van der Waals surface area contributed by atoms with Crippen LogP contribution in [0.3, 0.4) is 0 Å². The number of pyridine rings is 2. The molecule has 2 aliphatic rings. The molecule has 0 atom stereocenters. The maximum absolute atomic E-state index is 13.3. The summed E-state index contributed by atoms with van der Waals surface area (Å²) in [6.45, 7) is 3.58. The van der Waals surface area contributed by atoms with E-state index in [0.717, 1.165) is 33.9 Å². The van der Waals surface area contributed by atoms with Gasteiger partial charge in [0.2, 0.25) is 5.91 Å². The topological polar surface area (TPSA) is 87.7 Å². The fraction of sp³-hybridized carbons (Fsp3) is 0.280. The zero-order valence-electron chi connectivity index (χ0n) is 18.7. The molecule has 8 nitrogen and oxygen atoms in total. The molecule has 2 aliphatic heterocycles. The molecular formula is C25H25N5O3. The highest BCUT2D eigenvalue weighted by Gasteiger charge is 2.30. The summed E-state index contributed by atoms with van der Waals surface area (Å²) in [6, 6.07) is 11.4. The first-order valence-corrected chi connectivity index (χ1v) is 11.1. The Balaban J connectivity index is 1.37. The fourth-order valence-electron chi connectivity index (χ4n) is 4.37. The Morgan fingerprint density at radius 3 is 2.85 bits per heavy atom. The van der Waals surface area contributed by atoms with Gasteiger partial charge in [-0.3, -0.25) is 9.59 Å². The van der Waals surface area contributed by atoms with Gasteiger partial charge in [-0.05, 0) is 42.3 Å². The molecule has 5 rings (SSSR count). The van der Waals surface area contributed by atoms with Crippen LogP contribution in [0.1, 0.15) is 34.0 Å². The largest absolute Gasteiger partial charge is 0.493 e. The van der Waals surface area contributed by atoms with Crippen LogP contribution < -0.4 is 19.9 Å². The Kier molecular flexibility index (Phi) is 5.42. The minimum Gasteiger partial charge on any atom is -0.493 e. The van der Waals surface area contributed by atoms with Crippen LogP contribution in [-0.2, 0) is 24.2 Å². The van der Waals surface area contributed by atoms with Crippen LogP contribution in [0.5, 0.6) is 5.75 Å². The van der Waals surface area contributed by atoms with Crippen LogP contribution >= 0.6 is 0 Å². The van der Waals surface area contributed by atoms with Crippen molar-refractivity contribution in [2.45, 2.75) is 26.3 Å². The first kappa shape index (κ1) is 20.9. The molecule has 2 aromatic heterocycles. The summed E-state index contributed by atoms with van der Waals surface area (Å²) in [5.41, 5.74) is 4.26. The van der Waals surface area contributed by atoms with E-state index in [-0.39, 0.29) is 11.8 Å². The van der Waals surface area contributed by atoms with Crippen LogP contribution in [-0.4, -0.2) is 42.0 Å². The zero-order chi connectivity index (χ0) is 22.9. The van der Waals surface area contributed by atoms with E-state index in [1.54, 1.807) is 24.3 Å². The summed E-state index contributed by atoms with van der Waals surface area (Å²) in [4.78, 5) is 37.7. The lowest BCUT2D eigenvalue weighted by atomic mass is 10.00. The van der Waals surface area contributed by atoms with Crippen LogP contribution in [0.2, 0.25) is 0 Å². The van der Waals surface area contributed by atoms with Gasteiger partial charge < -0.3 is 19.9 Å². The molecule has 1 N–H and O–H groups in total. The van der Waals surface area contributed by atoms with Crippen LogP contribution in [0.25, 0.3) is 0 Å². The molecule has 33 heavy (non-hydrogen) atoms. The van der Waals surface area contributed by atoms with E-state index < -0.39 is 0 Å². The van der Waals surface area contributed by atoms with Gasteiger partial charge >= 0.3 is 0 Å². The van der Waals surface area contributed by atoms with Gasteiger partial charge in [0, 0.05) is 44.5 Å². The predicted octanol–water partition coefficient (Wildman–Crippen LogP) is 3.02. The highest BCUT2D eigenvalue weighted by molar-refractivity contribution is 6.12. The van der Waals surface area contributed by atoms with E-state index in [4.69, 9.17) is 4.74 Å². The molecule has 168 valence electrons. The summed E-state index contributed by atoms with van der Waals surface area (Å²) in [5, 5.41) is 2.87. The molecule has 8 heteroatoms. The van der Waals surface area contributed by atoms with Gasteiger partial charge in [-0.25, -0.2) is 9.97 Å². The summed E-state index contributed by atoms with van der Waals surface area (Å²) < 4.78 is 6.06. The number of amides is 2. The van der Waals surface area contributed by atoms with E-state index in [2.05, 4.69) is 15.3 Å². The van der Waals surface area contributed by atoms with Gasteiger partial charge in [-0.1, -0.05) is 12.1 Å². The first-order valence-electron chi connectivity index (χ1n) is 11.1. The van der Waals surface area contributed by atoms with E-state index >= 15 is 0 Å². The van der Waals surface area contributed by atoms with Crippen LogP contribution in [0, 0.1) is 0 Å². The molecule has 0 saturated heterocycles. The lowest BCUT2D eigenvalue weighted by Crippen LogP contribution is -2.30. The van der Waals surface area contributed by atoms with Crippen molar-refractivity contribution in [1.29, 1.82) is 0 Å². The summed E-state index contributed by atoms with van der Waals surface area (Å²) >= 11 is 0. The van der Waals surface area contributed by atoms with Crippen molar-refractivity contribution < 1.29 is 14.3 Å². The Labute approximate surface area is 192 Å². The van der Waals surface area contributed by atoms with E-state index in [9.17, 15) is 9.59 Å². The molecule has 0 fully saturated rings. The highest BCUT2D eigenvalue weighted by Crippen LogP contribution is 2.37. The Bertz CT molecular complexity index is 1240. The van der Waals surface area contributed by atoms with Crippen molar-refractivity contribution in [3.05, 3.63) is 71.0 Å². The van der Waals surface area contributed by atoms with Crippen molar-refractivity contribution in [1.82, 2.24) is 15.3 Å². The molecule has 0 saturated carbocycles. The Hall–Kier alpha value is -3.94. The van der Waals surface area contributed by atoms with Crippen molar-refractivity contribution in [2.75, 3.05) is 30.0 Å². The SMILES string of the molecule is CCN1c2ncc(CCOc3cccc4c3CNC(=O)C4)cc2C(=O)N(C)c2cccnc21. The molecule has 0 radical (unpaired) electrons. The van der Waals surface area contributed by atoms with E-state index in [0.29, 0.717) is 43.9 Å². The number of hydrogen-bond acceptors (Lipinski definition) is 6. The lowest BCUT2D eigenvalue weighted by molar-refractivity contribution is -0.121. The van der Waals surface area contributed by atoms with E-state index in [1.807, 2.05) is 48.2 Å². The number of carbonyl (C=O) groups is 2. The molecule has 1 aromatic carbocycles. The van der Waals surface area contributed by atoms with Gasteiger partial charge in [0.25, 0.3) is 5.91 Å². The number of rotatable bonds is 5. The Morgan fingerprint density at radius 2 is 2.00 bits per heavy atom. The lowest BCUT2D eigenvalue weighted by Gasteiger charge is -2.22. The monoisotopic (exact) mass is 443 g/mol. The number of carbonyl (C=O) groups excluding carboxylic acids is 2. The Morgan fingerprint density at radius 1 is 1.12 bits per heavy atom. The van der Waals surface area contributed by atoms with Gasteiger partial charge in [0.15, 0.2) is 5.82 Å². The molecule has 4 heterocycles. The average molecular weight is 444 g/mol. The standard InChI is InChI=1S/C25H25N5O3/c1-3-30-23-18(25(32)29(2)20-7-5-10-26-24(20)30)12-16(14-28-23)9-11-33-21-8-4-6-17-13-22(31)27-15-19(17)21/h4-8,10,12,14H,3,9,11,13,15H2,1-2H3,(H,27,31). The number of ether oxygens (including phenoxy) is 1. The number of hydrogen-bond donors (Lipinski definition) is 1. The third-order valence-electron chi connectivity index (χ3n) is 6.11. The van der Waals surface area contributed by atoms with Gasteiger partial charge in [-0.15, -0.1) is 0 Å². The third kappa shape index (κ3) is 3.77. The second-order valence-corrected chi connectivity index (χ2v) is 8.12. The summed E-state index contributed by atoms with van der Waals surface area (Å²) in [6.07, 6.45) is 4.50. The highest BCUT2D eigenvalue weighted by atomic mass is 16.5. The van der Waals surface area contributed by atoms with E-state index in [1.165, 1.54) is 0 Å². The first-order chi connectivity index (χ1) is 16.1. The molecular weight excluding hydrogens is 418 g/mol. The predicted molar refractivity (Wildman–Crippen MR) is 125 cm³/mol. The minimum atomic E-state index is -0.113. The smallest absolute Gasteiger partial charge is 0.261 e. The number of benzene rings is 1. The van der Waals surface area contributed by atoms with Crippen LogP contribution in [0.15, 0.2) is 48.8 Å².